The van der Waals surface area contributed by atoms with E-state index in [4.69, 9.17) is 4.74 Å². The van der Waals surface area contributed by atoms with E-state index in [1.54, 1.807) is 12.1 Å². The molecule has 0 radical (unpaired) electrons. The van der Waals surface area contributed by atoms with E-state index < -0.39 is 23.9 Å². The second kappa shape index (κ2) is 6.25. The van der Waals surface area contributed by atoms with Crippen LogP contribution >= 0.6 is 0 Å². The monoisotopic (exact) mass is 354 g/mol. The smallest absolute Gasteiger partial charge is 0.414 e. The van der Waals surface area contributed by atoms with E-state index in [1.807, 2.05) is 30.3 Å². The van der Waals surface area contributed by atoms with Crippen LogP contribution in [0.1, 0.15) is 17.0 Å². The van der Waals surface area contributed by atoms with Gasteiger partial charge in [-0.05, 0) is 23.3 Å². The Morgan fingerprint density at radius 1 is 1.12 bits per heavy atom. The molecule has 26 heavy (non-hydrogen) atoms. The molecule has 2 aliphatic rings. The van der Waals surface area contributed by atoms with Crippen molar-refractivity contribution in [3.05, 3.63) is 87.4 Å². The number of carbonyl (C=O) groups excluding carboxylic acids is 1. The third kappa shape index (κ3) is 2.52. The molecule has 0 spiro atoms. The number of nitro groups is 1. The average Bonchev–Trinajstić information content (AvgIpc) is 3.02. The van der Waals surface area contributed by atoms with Crippen LogP contribution in [0.2, 0.25) is 0 Å². The van der Waals surface area contributed by atoms with Crippen molar-refractivity contribution < 1.29 is 18.8 Å². The zero-order valence-electron chi connectivity index (χ0n) is 13.7. The first-order chi connectivity index (χ1) is 12.6. The molecule has 2 aromatic rings. The summed E-state index contributed by atoms with van der Waals surface area (Å²) in [6, 6.07) is 13.8. The van der Waals surface area contributed by atoms with Gasteiger partial charge in [-0.15, -0.1) is 0 Å². The number of carbonyl (C=O) groups is 1. The van der Waals surface area contributed by atoms with E-state index in [0.717, 1.165) is 5.56 Å². The van der Waals surface area contributed by atoms with Gasteiger partial charge in [-0.2, -0.15) is 0 Å². The number of halogens is 1. The van der Waals surface area contributed by atoms with Gasteiger partial charge in [-0.1, -0.05) is 42.5 Å². The van der Waals surface area contributed by atoms with Crippen molar-refractivity contribution in [1.82, 2.24) is 4.90 Å². The Morgan fingerprint density at radius 2 is 1.81 bits per heavy atom. The minimum atomic E-state index is -1.05. The molecule has 1 saturated heterocycles. The lowest BCUT2D eigenvalue weighted by molar-refractivity contribution is -0.520. The molecule has 2 aromatic carbocycles. The van der Waals surface area contributed by atoms with Gasteiger partial charge in [-0.3, -0.25) is 15.0 Å². The highest BCUT2D eigenvalue weighted by Crippen LogP contribution is 2.51. The van der Waals surface area contributed by atoms with Crippen LogP contribution in [0.3, 0.4) is 0 Å². The van der Waals surface area contributed by atoms with Crippen LogP contribution in [-0.4, -0.2) is 35.1 Å². The van der Waals surface area contributed by atoms with E-state index in [9.17, 15) is 19.3 Å². The first-order valence-electron chi connectivity index (χ1n) is 8.20. The fraction of sp³-hybridized carbons (Fsp3) is 0.211. The number of hydrogen-bond donors (Lipinski definition) is 0. The zero-order valence-corrected chi connectivity index (χ0v) is 13.7. The van der Waals surface area contributed by atoms with Gasteiger partial charge in [0.15, 0.2) is 0 Å². The molecule has 0 bridgehead atoms. The van der Waals surface area contributed by atoms with Gasteiger partial charge < -0.3 is 4.74 Å². The highest BCUT2D eigenvalue weighted by molar-refractivity contribution is 5.86. The molecule has 0 unspecified atom stereocenters. The zero-order chi connectivity index (χ0) is 18.3. The van der Waals surface area contributed by atoms with Crippen molar-refractivity contribution >= 4 is 11.7 Å². The highest BCUT2D eigenvalue weighted by Gasteiger charge is 2.54. The number of ether oxygens (including phenoxy) is 1. The molecule has 0 aromatic heterocycles. The summed E-state index contributed by atoms with van der Waals surface area (Å²) >= 11 is 0. The largest absolute Gasteiger partial charge is 0.447 e. The SMILES string of the molecule is O=C1OCCN1C1=C(c2ccc(F)cc2)[C@@H](c2ccccc2)[C@@H]1[N+](=O)[O-]. The molecule has 1 aliphatic heterocycles. The third-order valence-electron chi connectivity index (χ3n) is 4.78. The quantitative estimate of drug-likeness (QED) is 0.623. The second-order valence-electron chi connectivity index (χ2n) is 6.19. The van der Waals surface area contributed by atoms with Gasteiger partial charge in [0.05, 0.1) is 12.5 Å². The summed E-state index contributed by atoms with van der Waals surface area (Å²) < 4.78 is 18.3. The Morgan fingerprint density at radius 3 is 2.38 bits per heavy atom. The molecular weight excluding hydrogens is 339 g/mol. The number of rotatable bonds is 4. The molecular formula is C19H15FN2O4. The number of benzene rings is 2. The van der Waals surface area contributed by atoms with Gasteiger partial charge in [0, 0.05) is 10.5 Å². The van der Waals surface area contributed by atoms with Gasteiger partial charge in [0.1, 0.15) is 18.1 Å². The van der Waals surface area contributed by atoms with E-state index in [0.29, 0.717) is 16.8 Å². The average molecular weight is 354 g/mol. The Bertz CT molecular complexity index is 896. The summed E-state index contributed by atoms with van der Waals surface area (Å²) in [6.07, 6.45) is -0.585. The molecule has 1 amide bonds. The van der Waals surface area contributed by atoms with Crippen molar-refractivity contribution in [3.63, 3.8) is 0 Å². The van der Waals surface area contributed by atoms with Gasteiger partial charge in [0.2, 0.25) is 0 Å². The lowest BCUT2D eigenvalue weighted by Crippen LogP contribution is -2.47. The summed E-state index contributed by atoms with van der Waals surface area (Å²) in [7, 11) is 0. The fourth-order valence-electron chi connectivity index (χ4n) is 3.64. The van der Waals surface area contributed by atoms with Crippen LogP contribution in [-0.2, 0) is 4.74 Å². The van der Waals surface area contributed by atoms with Crippen molar-refractivity contribution in [3.8, 4) is 0 Å². The Hall–Kier alpha value is -3.22. The summed E-state index contributed by atoms with van der Waals surface area (Å²) in [6.45, 7) is 0.462. The van der Waals surface area contributed by atoms with Crippen LogP contribution in [0, 0.1) is 15.9 Å². The van der Waals surface area contributed by atoms with Crippen LogP contribution in [0.25, 0.3) is 5.57 Å². The molecule has 4 rings (SSSR count). The van der Waals surface area contributed by atoms with Crippen molar-refractivity contribution in [2.24, 2.45) is 0 Å². The predicted octanol–water partition coefficient (Wildman–Crippen LogP) is 3.43. The normalized spacial score (nSPS) is 22.2. The molecule has 7 heteroatoms. The number of nitrogens with zero attached hydrogens (tertiary/aromatic N) is 2. The third-order valence-corrected chi connectivity index (χ3v) is 4.78. The van der Waals surface area contributed by atoms with Gasteiger partial charge in [0.25, 0.3) is 6.04 Å². The molecule has 6 nitrogen and oxygen atoms in total. The van der Waals surface area contributed by atoms with E-state index >= 15 is 0 Å². The lowest BCUT2D eigenvalue weighted by Gasteiger charge is -2.39. The van der Waals surface area contributed by atoms with Crippen molar-refractivity contribution in [2.45, 2.75) is 12.0 Å². The highest BCUT2D eigenvalue weighted by atomic mass is 19.1. The molecule has 2 atom stereocenters. The standard InChI is InChI=1S/C19H15FN2O4/c20-14-8-6-13(7-9-14)15-16(12-4-2-1-3-5-12)18(22(24)25)17(15)21-10-11-26-19(21)23/h1-9,16,18H,10-11H2/t16-,18+/m1/s1. The number of amides is 1. The predicted molar refractivity (Wildman–Crippen MR) is 91.3 cm³/mol. The van der Waals surface area contributed by atoms with E-state index in [-0.39, 0.29) is 18.1 Å². The Labute approximate surface area is 148 Å². The lowest BCUT2D eigenvalue weighted by atomic mass is 9.69. The minimum Gasteiger partial charge on any atom is -0.447 e. The van der Waals surface area contributed by atoms with Crippen molar-refractivity contribution in [2.75, 3.05) is 13.2 Å². The minimum absolute atomic E-state index is 0.194. The summed E-state index contributed by atoms with van der Waals surface area (Å²) in [5.74, 6) is -0.905. The summed E-state index contributed by atoms with van der Waals surface area (Å²) in [5, 5.41) is 11.8. The number of hydrogen-bond acceptors (Lipinski definition) is 4. The maximum absolute atomic E-state index is 13.3. The maximum atomic E-state index is 13.3. The molecule has 1 heterocycles. The Kier molecular flexibility index (Phi) is 3.91. The topological polar surface area (TPSA) is 72.7 Å². The maximum Gasteiger partial charge on any atom is 0.414 e. The Balaban J connectivity index is 1.90. The van der Waals surface area contributed by atoms with Crippen LogP contribution in [0.4, 0.5) is 9.18 Å². The first-order valence-corrected chi connectivity index (χ1v) is 8.20. The number of cyclic esters (lactones) is 1. The van der Waals surface area contributed by atoms with Crippen molar-refractivity contribution in [1.29, 1.82) is 0 Å². The molecule has 0 N–H and O–H groups in total. The van der Waals surface area contributed by atoms with E-state index in [1.165, 1.54) is 17.0 Å². The van der Waals surface area contributed by atoms with E-state index in [2.05, 4.69) is 0 Å². The first kappa shape index (κ1) is 16.3. The fourth-order valence-corrected chi connectivity index (χ4v) is 3.64. The molecule has 1 aliphatic carbocycles. The van der Waals surface area contributed by atoms with Gasteiger partial charge >= 0.3 is 6.09 Å². The molecule has 132 valence electrons. The van der Waals surface area contributed by atoms with Crippen LogP contribution < -0.4 is 0 Å². The van der Waals surface area contributed by atoms with Crippen LogP contribution in [0.5, 0.6) is 0 Å². The van der Waals surface area contributed by atoms with Crippen LogP contribution in [0.15, 0.2) is 60.3 Å². The summed E-state index contributed by atoms with van der Waals surface area (Å²) in [5.41, 5.74) is 2.44. The molecule has 0 saturated carbocycles. The summed E-state index contributed by atoms with van der Waals surface area (Å²) in [4.78, 5) is 24.8. The molecule has 1 fully saturated rings. The van der Waals surface area contributed by atoms with Gasteiger partial charge in [-0.25, -0.2) is 9.18 Å². The second-order valence-corrected chi connectivity index (χ2v) is 6.19.